The number of rotatable bonds is 4. The van der Waals surface area contributed by atoms with Crippen molar-refractivity contribution in [3.63, 3.8) is 0 Å². The van der Waals surface area contributed by atoms with Crippen LogP contribution in [0, 0.1) is 11.3 Å². The lowest BCUT2D eigenvalue weighted by molar-refractivity contribution is 0.0261. The highest BCUT2D eigenvalue weighted by Crippen LogP contribution is 2.26. The molecule has 0 spiro atoms. The minimum Gasteiger partial charge on any atom is -0.434 e. The topological polar surface area (TPSA) is 35.5 Å². The summed E-state index contributed by atoms with van der Waals surface area (Å²) in [5.41, 5.74) is -0.0364. The number of halogens is 1. The van der Waals surface area contributed by atoms with Gasteiger partial charge in [0.15, 0.2) is 6.07 Å². The number of alkyl halides is 1. The van der Waals surface area contributed by atoms with Crippen LogP contribution < -0.4 is 0 Å². The van der Waals surface area contributed by atoms with Crippen LogP contribution in [-0.2, 0) is 9.47 Å². The van der Waals surface area contributed by atoms with Crippen LogP contribution in [0.1, 0.15) is 27.7 Å². The molecule has 0 bridgehead atoms. The van der Waals surface area contributed by atoms with Gasteiger partial charge < -0.3 is 9.47 Å². The first-order valence-corrected chi connectivity index (χ1v) is 4.79. The zero-order valence-corrected chi connectivity index (χ0v) is 9.35. The third-order valence-corrected chi connectivity index (χ3v) is 2.41. The molecule has 0 aromatic carbocycles. The van der Waals surface area contributed by atoms with Crippen molar-refractivity contribution >= 4 is 17.8 Å². The second-order valence-corrected chi connectivity index (χ2v) is 4.15. The molecule has 0 amide bonds. The number of carbonyl (C=O) groups excluding carboxylic acids is 1. The SMILES string of the molecule is CC(C)C(C)(C)COC(=O)OCCl. The number of ether oxygens (including phenoxy) is 2. The molecule has 0 N–H and O–H groups in total. The molecule has 0 aliphatic heterocycles. The first-order chi connectivity index (χ1) is 5.90. The van der Waals surface area contributed by atoms with Crippen molar-refractivity contribution < 1.29 is 14.3 Å². The van der Waals surface area contributed by atoms with Crippen LogP contribution in [0.3, 0.4) is 0 Å². The normalized spacial score (nSPS) is 11.5. The molecule has 0 radical (unpaired) electrons. The summed E-state index contributed by atoms with van der Waals surface area (Å²) in [6, 6.07) is -0.166. The Balaban J connectivity index is 3.81. The minimum absolute atomic E-state index is 0.0364. The van der Waals surface area contributed by atoms with Crippen molar-refractivity contribution in [2.75, 3.05) is 12.7 Å². The zero-order chi connectivity index (χ0) is 10.5. The first kappa shape index (κ1) is 12.6. The Labute approximate surface area is 84.4 Å². The van der Waals surface area contributed by atoms with E-state index in [4.69, 9.17) is 16.3 Å². The lowest BCUT2D eigenvalue weighted by atomic mass is 9.82. The van der Waals surface area contributed by atoms with Crippen LogP contribution >= 0.6 is 11.6 Å². The fourth-order valence-corrected chi connectivity index (χ4v) is 0.587. The van der Waals surface area contributed by atoms with E-state index in [1.54, 1.807) is 0 Å². The monoisotopic (exact) mass is 208 g/mol. The predicted octanol–water partition coefficient (Wildman–Crippen LogP) is 3.02. The molecule has 78 valence electrons. The van der Waals surface area contributed by atoms with Crippen LogP contribution in [0.5, 0.6) is 0 Å². The molecule has 0 aliphatic carbocycles. The van der Waals surface area contributed by atoms with Crippen LogP contribution in [0.4, 0.5) is 4.79 Å². The molecule has 0 atom stereocenters. The van der Waals surface area contributed by atoms with E-state index in [-0.39, 0.29) is 11.5 Å². The Hall–Kier alpha value is -0.440. The van der Waals surface area contributed by atoms with Crippen molar-refractivity contribution in [2.45, 2.75) is 27.7 Å². The molecule has 0 unspecified atom stereocenters. The van der Waals surface area contributed by atoms with Crippen molar-refractivity contribution in [2.24, 2.45) is 11.3 Å². The molecule has 0 aromatic rings. The first-order valence-electron chi connectivity index (χ1n) is 4.25. The van der Waals surface area contributed by atoms with Crippen LogP contribution in [0.25, 0.3) is 0 Å². The molecule has 0 saturated carbocycles. The molecule has 0 fully saturated rings. The van der Waals surface area contributed by atoms with Crippen LogP contribution in [0.15, 0.2) is 0 Å². The number of hydrogen-bond acceptors (Lipinski definition) is 3. The van der Waals surface area contributed by atoms with E-state index in [0.717, 1.165) is 0 Å². The van der Waals surface area contributed by atoms with Crippen molar-refractivity contribution in [1.82, 2.24) is 0 Å². The maximum Gasteiger partial charge on any atom is 0.509 e. The van der Waals surface area contributed by atoms with Crippen molar-refractivity contribution in [3.8, 4) is 0 Å². The van der Waals surface area contributed by atoms with Gasteiger partial charge in [0.2, 0.25) is 0 Å². The molecule has 0 aromatic heterocycles. The molecule has 0 rings (SSSR count). The highest BCUT2D eigenvalue weighted by Gasteiger charge is 2.24. The Bertz CT molecular complexity index is 166. The number of carbonyl (C=O) groups is 1. The second kappa shape index (κ2) is 5.32. The quantitative estimate of drug-likeness (QED) is 0.526. The fraction of sp³-hybridized carbons (Fsp3) is 0.889. The molecule has 13 heavy (non-hydrogen) atoms. The average Bonchev–Trinajstić information content (AvgIpc) is 2.01. The summed E-state index contributed by atoms with van der Waals surface area (Å²) in [5, 5.41) is 0. The van der Waals surface area contributed by atoms with Crippen LogP contribution in [-0.4, -0.2) is 18.8 Å². The largest absolute Gasteiger partial charge is 0.509 e. The second-order valence-electron chi connectivity index (χ2n) is 3.94. The molecule has 0 heterocycles. The Morgan fingerprint density at radius 2 is 1.92 bits per heavy atom. The molecular formula is C9H17ClO3. The van der Waals surface area contributed by atoms with E-state index in [2.05, 4.69) is 18.6 Å². The summed E-state index contributed by atoms with van der Waals surface area (Å²) < 4.78 is 9.28. The number of hydrogen-bond donors (Lipinski definition) is 0. The Kier molecular flexibility index (Phi) is 5.14. The van der Waals surface area contributed by atoms with E-state index in [1.807, 2.05) is 13.8 Å². The third-order valence-electron chi connectivity index (χ3n) is 2.30. The van der Waals surface area contributed by atoms with E-state index in [0.29, 0.717) is 12.5 Å². The molecular weight excluding hydrogens is 192 g/mol. The molecule has 3 nitrogen and oxygen atoms in total. The zero-order valence-electron chi connectivity index (χ0n) is 8.59. The highest BCUT2D eigenvalue weighted by molar-refractivity contribution is 6.17. The summed E-state index contributed by atoms with van der Waals surface area (Å²) in [6.45, 7) is 8.57. The lowest BCUT2D eigenvalue weighted by Gasteiger charge is -2.27. The van der Waals surface area contributed by atoms with Gasteiger partial charge in [0.1, 0.15) is 6.61 Å². The van der Waals surface area contributed by atoms with Gasteiger partial charge in [0.25, 0.3) is 0 Å². The van der Waals surface area contributed by atoms with E-state index in [1.165, 1.54) is 0 Å². The van der Waals surface area contributed by atoms with Gasteiger partial charge in [-0.15, -0.1) is 0 Å². The summed E-state index contributed by atoms with van der Waals surface area (Å²) in [4.78, 5) is 10.8. The molecule has 0 saturated heterocycles. The average molecular weight is 209 g/mol. The van der Waals surface area contributed by atoms with Gasteiger partial charge in [-0.05, 0) is 5.92 Å². The predicted molar refractivity (Wildman–Crippen MR) is 51.8 cm³/mol. The minimum atomic E-state index is -0.705. The van der Waals surface area contributed by atoms with Gasteiger partial charge in [0.05, 0.1) is 0 Å². The molecule has 0 aliphatic rings. The van der Waals surface area contributed by atoms with Gasteiger partial charge in [0, 0.05) is 5.41 Å². The van der Waals surface area contributed by atoms with Gasteiger partial charge in [-0.3, -0.25) is 0 Å². The molecule has 4 heteroatoms. The smallest absolute Gasteiger partial charge is 0.434 e. The summed E-state index contributed by atoms with van der Waals surface area (Å²) in [6.07, 6.45) is -0.705. The van der Waals surface area contributed by atoms with Gasteiger partial charge >= 0.3 is 6.16 Å². The van der Waals surface area contributed by atoms with E-state index in [9.17, 15) is 4.79 Å². The fourth-order valence-electron chi connectivity index (χ4n) is 0.498. The van der Waals surface area contributed by atoms with Gasteiger partial charge in [-0.2, -0.15) is 0 Å². The summed E-state index contributed by atoms with van der Waals surface area (Å²) in [5.74, 6) is 0.441. The standard InChI is InChI=1S/C9H17ClO3/c1-7(2)9(3,4)5-12-8(11)13-6-10/h7H,5-6H2,1-4H3. The van der Waals surface area contributed by atoms with Crippen molar-refractivity contribution in [3.05, 3.63) is 0 Å². The summed E-state index contributed by atoms with van der Waals surface area (Å²) >= 11 is 5.19. The van der Waals surface area contributed by atoms with Gasteiger partial charge in [-0.25, -0.2) is 4.79 Å². The Morgan fingerprint density at radius 1 is 1.38 bits per heavy atom. The van der Waals surface area contributed by atoms with Crippen molar-refractivity contribution in [1.29, 1.82) is 0 Å². The third kappa shape index (κ3) is 4.98. The highest BCUT2D eigenvalue weighted by atomic mass is 35.5. The van der Waals surface area contributed by atoms with E-state index < -0.39 is 6.16 Å². The van der Waals surface area contributed by atoms with Gasteiger partial charge in [-0.1, -0.05) is 39.3 Å². The lowest BCUT2D eigenvalue weighted by Crippen LogP contribution is -2.27. The van der Waals surface area contributed by atoms with E-state index >= 15 is 0 Å². The maximum atomic E-state index is 10.8. The van der Waals surface area contributed by atoms with Crippen LogP contribution in [0.2, 0.25) is 0 Å². The summed E-state index contributed by atoms with van der Waals surface area (Å²) in [7, 11) is 0. The Morgan fingerprint density at radius 3 is 2.31 bits per heavy atom. The maximum absolute atomic E-state index is 10.8.